The Balaban J connectivity index is 2.00. The van der Waals surface area contributed by atoms with Gasteiger partial charge in [0.05, 0.1) is 19.0 Å². The molecule has 0 unspecified atom stereocenters. The zero-order valence-corrected chi connectivity index (χ0v) is 14.9. The fourth-order valence-electron chi connectivity index (χ4n) is 3.29. The summed E-state index contributed by atoms with van der Waals surface area (Å²) in [6, 6.07) is 15.2. The molecule has 1 N–H and O–H groups in total. The summed E-state index contributed by atoms with van der Waals surface area (Å²) < 4.78 is 6.89. The topological polar surface area (TPSA) is 68.5 Å². The maximum Gasteiger partial charge on any atom is 0.307 e. The molecule has 0 bridgehead atoms. The Kier molecular flexibility index (Phi) is 5.07. The van der Waals surface area contributed by atoms with Gasteiger partial charge in [0.2, 0.25) is 5.91 Å². The lowest BCUT2D eigenvalue weighted by atomic mass is 10.1. The van der Waals surface area contributed by atoms with Crippen LogP contribution in [-0.2, 0) is 17.6 Å². The van der Waals surface area contributed by atoms with Gasteiger partial charge >= 0.3 is 5.97 Å². The number of carboxylic acid groups (broad SMARTS) is 1. The highest BCUT2D eigenvalue weighted by molar-refractivity contribution is 5.98. The minimum atomic E-state index is -0.924. The number of aromatic nitrogens is 1. The van der Waals surface area contributed by atoms with E-state index in [1.54, 1.807) is 30.7 Å². The Morgan fingerprint density at radius 3 is 2.50 bits per heavy atom. The second-order valence-corrected chi connectivity index (χ2v) is 6.23. The highest BCUT2D eigenvalue weighted by Crippen LogP contribution is 2.30. The van der Waals surface area contributed by atoms with Gasteiger partial charge in [0.25, 0.3) is 0 Å². The summed E-state index contributed by atoms with van der Waals surface area (Å²) in [6.45, 7) is 1.80. The Hall–Kier alpha value is -3.08. The van der Waals surface area contributed by atoms with Crippen LogP contribution in [0, 0.1) is 6.92 Å². The fourth-order valence-corrected chi connectivity index (χ4v) is 3.29. The molecule has 0 aliphatic carbocycles. The fraction of sp³-hybridized carbons (Fsp3) is 0.238. The van der Waals surface area contributed by atoms with E-state index in [0.717, 1.165) is 16.5 Å². The molecule has 26 heavy (non-hydrogen) atoms. The molecule has 3 rings (SSSR count). The van der Waals surface area contributed by atoms with E-state index >= 15 is 0 Å². The Bertz CT molecular complexity index is 957. The molecule has 5 heteroatoms. The Morgan fingerprint density at radius 2 is 1.85 bits per heavy atom. The largest absolute Gasteiger partial charge is 0.497 e. The lowest BCUT2D eigenvalue weighted by molar-refractivity contribution is -0.136. The van der Waals surface area contributed by atoms with E-state index in [1.807, 2.05) is 36.4 Å². The molecule has 0 spiro atoms. The van der Waals surface area contributed by atoms with Crippen molar-refractivity contribution in [1.82, 2.24) is 4.57 Å². The summed E-state index contributed by atoms with van der Waals surface area (Å²) in [5.74, 6) is -0.331. The number of aliphatic carboxylic acids is 1. The monoisotopic (exact) mass is 351 g/mol. The highest BCUT2D eigenvalue weighted by atomic mass is 16.5. The van der Waals surface area contributed by atoms with Gasteiger partial charge in [-0.2, -0.15) is 0 Å². The van der Waals surface area contributed by atoms with Crippen LogP contribution in [0.3, 0.4) is 0 Å². The molecule has 5 nitrogen and oxygen atoms in total. The van der Waals surface area contributed by atoms with E-state index in [-0.39, 0.29) is 12.3 Å². The number of hydrogen-bond acceptors (Lipinski definition) is 3. The number of ether oxygens (including phenoxy) is 1. The lowest BCUT2D eigenvalue weighted by Gasteiger charge is -2.08. The van der Waals surface area contributed by atoms with Crippen LogP contribution in [-0.4, -0.2) is 28.7 Å². The lowest BCUT2D eigenvalue weighted by Crippen LogP contribution is -2.13. The number of methoxy groups -OCH3 is 1. The van der Waals surface area contributed by atoms with Crippen LogP contribution < -0.4 is 4.74 Å². The molecule has 134 valence electrons. The van der Waals surface area contributed by atoms with Gasteiger partial charge in [-0.25, -0.2) is 0 Å². The van der Waals surface area contributed by atoms with Gasteiger partial charge < -0.3 is 9.84 Å². The summed E-state index contributed by atoms with van der Waals surface area (Å²) in [5, 5.41) is 10.00. The second kappa shape index (κ2) is 7.44. The minimum absolute atomic E-state index is 0.0434. The van der Waals surface area contributed by atoms with Gasteiger partial charge in [0.15, 0.2) is 0 Å². The molecule has 0 aliphatic rings. The number of carbonyl (C=O) groups excluding carboxylic acids is 1. The molecule has 0 fully saturated rings. The van der Waals surface area contributed by atoms with E-state index in [2.05, 4.69) is 0 Å². The maximum atomic E-state index is 12.9. The standard InChI is InChI=1S/C21H21NO4/c1-14-17(13-21(24)25)18-12-16(26-2)9-10-19(18)22(14)20(23)11-8-15-6-4-3-5-7-15/h3-7,9-10,12H,8,11,13H2,1-2H3,(H,24,25). The second-order valence-electron chi connectivity index (χ2n) is 6.23. The van der Waals surface area contributed by atoms with Crippen LogP contribution in [0.1, 0.15) is 28.0 Å². The average Bonchev–Trinajstić information content (AvgIpc) is 2.91. The maximum absolute atomic E-state index is 12.9. The predicted octanol–water partition coefficient (Wildman–Crippen LogP) is 3.86. The summed E-state index contributed by atoms with van der Waals surface area (Å²) in [6.07, 6.45) is 0.866. The number of benzene rings is 2. The van der Waals surface area contributed by atoms with Gasteiger partial charge in [-0.15, -0.1) is 0 Å². The summed E-state index contributed by atoms with van der Waals surface area (Å²) in [4.78, 5) is 24.2. The number of carboxylic acids is 1. The first-order chi connectivity index (χ1) is 12.5. The third kappa shape index (κ3) is 3.47. The molecule has 0 saturated carbocycles. The molecule has 3 aromatic rings. The van der Waals surface area contributed by atoms with Gasteiger partial charge in [0, 0.05) is 17.5 Å². The van der Waals surface area contributed by atoms with Crippen molar-refractivity contribution in [3.8, 4) is 5.75 Å². The smallest absolute Gasteiger partial charge is 0.307 e. The molecule has 2 aromatic carbocycles. The van der Waals surface area contributed by atoms with E-state index in [0.29, 0.717) is 29.8 Å². The first-order valence-corrected chi connectivity index (χ1v) is 8.48. The van der Waals surface area contributed by atoms with Crippen molar-refractivity contribution in [2.75, 3.05) is 7.11 Å². The molecular formula is C21H21NO4. The minimum Gasteiger partial charge on any atom is -0.497 e. The third-order valence-corrected chi connectivity index (χ3v) is 4.59. The van der Waals surface area contributed by atoms with Crippen LogP contribution in [0.5, 0.6) is 5.75 Å². The molecule has 0 radical (unpaired) electrons. The van der Waals surface area contributed by atoms with Crippen LogP contribution in [0.2, 0.25) is 0 Å². The van der Waals surface area contributed by atoms with Crippen molar-refractivity contribution in [2.45, 2.75) is 26.2 Å². The number of fused-ring (bicyclic) bond motifs is 1. The van der Waals surface area contributed by atoms with Crippen molar-refractivity contribution < 1.29 is 19.4 Å². The molecule has 0 aliphatic heterocycles. The number of nitrogens with zero attached hydrogens (tertiary/aromatic N) is 1. The predicted molar refractivity (Wildman–Crippen MR) is 100.0 cm³/mol. The van der Waals surface area contributed by atoms with Crippen molar-refractivity contribution in [3.63, 3.8) is 0 Å². The average molecular weight is 351 g/mol. The van der Waals surface area contributed by atoms with E-state index in [1.165, 1.54) is 0 Å². The quantitative estimate of drug-likeness (QED) is 0.732. The first-order valence-electron chi connectivity index (χ1n) is 8.48. The van der Waals surface area contributed by atoms with Crippen LogP contribution in [0.15, 0.2) is 48.5 Å². The van der Waals surface area contributed by atoms with Gasteiger partial charge in [0.1, 0.15) is 5.75 Å². The van der Waals surface area contributed by atoms with E-state index in [9.17, 15) is 14.7 Å². The number of aryl methyl sites for hydroxylation is 1. The number of rotatable bonds is 6. The van der Waals surface area contributed by atoms with Gasteiger partial charge in [-0.1, -0.05) is 30.3 Å². The first kappa shape index (κ1) is 17.7. The summed E-state index contributed by atoms with van der Waals surface area (Å²) >= 11 is 0. The molecule has 0 atom stereocenters. The molecule has 1 aromatic heterocycles. The zero-order chi connectivity index (χ0) is 18.7. The van der Waals surface area contributed by atoms with Crippen LogP contribution >= 0.6 is 0 Å². The van der Waals surface area contributed by atoms with Crippen LogP contribution in [0.4, 0.5) is 0 Å². The van der Waals surface area contributed by atoms with Gasteiger partial charge in [-0.3, -0.25) is 14.2 Å². The molecule has 0 amide bonds. The summed E-state index contributed by atoms with van der Waals surface area (Å²) in [5.41, 5.74) is 3.15. The molecular weight excluding hydrogens is 330 g/mol. The van der Waals surface area contributed by atoms with Crippen LogP contribution in [0.25, 0.3) is 10.9 Å². The SMILES string of the molecule is COc1ccc2c(c1)c(CC(=O)O)c(C)n2C(=O)CCc1ccccc1. The Morgan fingerprint density at radius 1 is 1.12 bits per heavy atom. The Labute approximate surface area is 151 Å². The normalized spacial score (nSPS) is 10.8. The van der Waals surface area contributed by atoms with E-state index < -0.39 is 5.97 Å². The number of carbonyl (C=O) groups is 2. The van der Waals surface area contributed by atoms with Crippen molar-refractivity contribution in [2.24, 2.45) is 0 Å². The van der Waals surface area contributed by atoms with E-state index in [4.69, 9.17) is 4.74 Å². The van der Waals surface area contributed by atoms with Crippen molar-refractivity contribution >= 4 is 22.8 Å². The van der Waals surface area contributed by atoms with Gasteiger partial charge in [-0.05, 0) is 42.7 Å². The molecule has 0 saturated heterocycles. The zero-order valence-electron chi connectivity index (χ0n) is 14.9. The summed E-state index contributed by atoms with van der Waals surface area (Å²) in [7, 11) is 1.56. The van der Waals surface area contributed by atoms with Crippen molar-refractivity contribution in [3.05, 3.63) is 65.4 Å². The number of hydrogen-bond donors (Lipinski definition) is 1. The molecule has 1 heterocycles. The highest BCUT2D eigenvalue weighted by Gasteiger charge is 2.20. The third-order valence-electron chi connectivity index (χ3n) is 4.59. The van der Waals surface area contributed by atoms with Crippen molar-refractivity contribution in [1.29, 1.82) is 0 Å².